The maximum Gasteiger partial charge on any atom is 0.123 e. The molecule has 0 radical (unpaired) electrons. The molecular weight excluding hydrogens is 132 g/mol. The molecule has 9 heavy (non-hydrogen) atoms. The van der Waals surface area contributed by atoms with Gasteiger partial charge in [-0.2, -0.15) is 0 Å². The Morgan fingerprint density at radius 1 is 1.78 bits per heavy atom. The van der Waals surface area contributed by atoms with E-state index in [1.165, 1.54) is 4.88 Å². The van der Waals surface area contributed by atoms with Crippen molar-refractivity contribution in [2.75, 3.05) is 0 Å². The van der Waals surface area contributed by atoms with E-state index in [9.17, 15) is 0 Å². The molecule has 2 nitrogen and oxygen atoms in total. The van der Waals surface area contributed by atoms with Crippen LogP contribution in [0.1, 0.15) is 10.4 Å². The Bertz CT molecular complexity index is 227. The molecule has 0 unspecified atom stereocenters. The fraction of sp³-hybridized carbons (Fsp3) is 0.167. The molecule has 0 fully saturated rings. The number of rotatable bonds is 1. The monoisotopic (exact) mass is 140 g/mol. The molecule has 0 aliphatic rings. The van der Waals surface area contributed by atoms with Crippen molar-refractivity contribution in [2.45, 2.75) is 6.92 Å². The fourth-order valence-electron chi connectivity index (χ4n) is 0.585. The summed E-state index contributed by atoms with van der Waals surface area (Å²) < 4.78 is 0. The van der Waals surface area contributed by atoms with Crippen LogP contribution in [-0.4, -0.2) is 5.84 Å². The Morgan fingerprint density at radius 2 is 2.44 bits per heavy atom. The highest BCUT2D eigenvalue weighted by Crippen LogP contribution is 2.11. The second-order valence-electron chi connectivity index (χ2n) is 1.86. The van der Waals surface area contributed by atoms with E-state index in [0.717, 1.165) is 5.56 Å². The molecule has 0 aliphatic carbocycles. The highest BCUT2D eigenvalue weighted by Gasteiger charge is 1.96. The van der Waals surface area contributed by atoms with Gasteiger partial charge in [0.1, 0.15) is 5.84 Å². The van der Waals surface area contributed by atoms with Gasteiger partial charge in [-0.1, -0.05) is 0 Å². The summed E-state index contributed by atoms with van der Waals surface area (Å²) in [6.07, 6.45) is 0. The van der Waals surface area contributed by atoms with Crippen molar-refractivity contribution >= 4 is 17.2 Å². The second kappa shape index (κ2) is 2.19. The normalized spacial score (nSPS) is 9.44. The summed E-state index contributed by atoms with van der Waals surface area (Å²) >= 11 is 1.61. The highest BCUT2D eigenvalue weighted by atomic mass is 32.1. The molecule has 0 spiro atoms. The van der Waals surface area contributed by atoms with E-state index in [-0.39, 0.29) is 5.84 Å². The van der Waals surface area contributed by atoms with Gasteiger partial charge >= 0.3 is 0 Å². The molecule has 3 heteroatoms. The molecular formula is C6H8N2S. The molecule has 1 aromatic heterocycles. The second-order valence-corrected chi connectivity index (χ2v) is 2.98. The average Bonchev–Trinajstić information content (AvgIpc) is 2.14. The van der Waals surface area contributed by atoms with Gasteiger partial charge in [0, 0.05) is 15.8 Å². The third-order valence-corrected chi connectivity index (χ3v) is 1.90. The van der Waals surface area contributed by atoms with Crippen LogP contribution in [0.4, 0.5) is 0 Å². The number of amidine groups is 1. The quantitative estimate of drug-likeness (QED) is 0.449. The summed E-state index contributed by atoms with van der Waals surface area (Å²) in [6, 6.07) is 1.91. The van der Waals surface area contributed by atoms with Gasteiger partial charge in [-0.05, 0) is 13.0 Å². The largest absolute Gasteiger partial charge is 0.384 e. The van der Waals surface area contributed by atoms with Gasteiger partial charge in [-0.25, -0.2) is 0 Å². The van der Waals surface area contributed by atoms with Crippen LogP contribution in [0.5, 0.6) is 0 Å². The first kappa shape index (κ1) is 6.29. The number of nitrogens with two attached hydrogens (primary N) is 1. The Morgan fingerprint density at radius 3 is 2.67 bits per heavy atom. The van der Waals surface area contributed by atoms with Crippen molar-refractivity contribution in [2.24, 2.45) is 5.73 Å². The van der Waals surface area contributed by atoms with Crippen LogP contribution >= 0.6 is 11.3 Å². The molecule has 0 saturated carbocycles. The van der Waals surface area contributed by atoms with E-state index in [2.05, 4.69) is 0 Å². The van der Waals surface area contributed by atoms with E-state index < -0.39 is 0 Å². The molecule has 0 aromatic carbocycles. The molecule has 1 rings (SSSR count). The van der Waals surface area contributed by atoms with Gasteiger partial charge in [0.15, 0.2) is 0 Å². The minimum atomic E-state index is 0.152. The predicted molar refractivity (Wildman–Crippen MR) is 40.1 cm³/mol. The lowest BCUT2D eigenvalue weighted by molar-refractivity contribution is 1.43. The molecule has 3 N–H and O–H groups in total. The van der Waals surface area contributed by atoms with Crippen LogP contribution in [0.3, 0.4) is 0 Å². The SMILES string of the molecule is Cc1cc(C(=N)N)cs1. The van der Waals surface area contributed by atoms with Crippen LogP contribution in [-0.2, 0) is 0 Å². The average molecular weight is 140 g/mol. The van der Waals surface area contributed by atoms with Crippen molar-refractivity contribution < 1.29 is 0 Å². The molecule has 0 saturated heterocycles. The molecule has 0 bridgehead atoms. The lowest BCUT2D eigenvalue weighted by Crippen LogP contribution is -2.09. The first-order valence-electron chi connectivity index (χ1n) is 2.59. The summed E-state index contributed by atoms with van der Waals surface area (Å²) in [5, 5.41) is 8.92. The Labute approximate surface area is 57.8 Å². The van der Waals surface area contributed by atoms with E-state index in [4.69, 9.17) is 11.1 Å². The fourth-order valence-corrected chi connectivity index (χ4v) is 1.29. The van der Waals surface area contributed by atoms with Gasteiger partial charge in [0.25, 0.3) is 0 Å². The zero-order valence-electron chi connectivity index (χ0n) is 5.14. The standard InChI is InChI=1S/C6H8N2S/c1-4-2-5(3-9-4)6(7)8/h2-3H,1H3,(H3,7,8). The predicted octanol–water partition coefficient (Wildman–Crippen LogP) is 1.34. The van der Waals surface area contributed by atoms with Crippen molar-refractivity contribution in [3.63, 3.8) is 0 Å². The summed E-state index contributed by atoms with van der Waals surface area (Å²) in [4.78, 5) is 1.19. The Balaban J connectivity index is 2.98. The summed E-state index contributed by atoms with van der Waals surface area (Å²) in [6.45, 7) is 2.00. The summed E-state index contributed by atoms with van der Waals surface area (Å²) in [5.74, 6) is 0.152. The highest BCUT2D eigenvalue weighted by molar-refractivity contribution is 7.10. The maximum absolute atomic E-state index is 7.03. The van der Waals surface area contributed by atoms with Gasteiger partial charge in [0.05, 0.1) is 0 Å². The zero-order chi connectivity index (χ0) is 6.85. The molecule has 1 aromatic rings. The van der Waals surface area contributed by atoms with Crippen LogP contribution in [0.25, 0.3) is 0 Å². The third kappa shape index (κ3) is 1.29. The van der Waals surface area contributed by atoms with E-state index >= 15 is 0 Å². The minimum absolute atomic E-state index is 0.152. The van der Waals surface area contributed by atoms with E-state index in [0.29, 0.717) is 0 Å². The van der Waals surface area contributed by atoms with Crippen molar-refractivity contribution in [3.05, 3.63) is 21.9 Å². The van der Waals surface area contributed by atoms with Crippen molar-refractivity contribution in [1.29, 1.82) is 5.41 Å². The summed E-state index contributed by atoms with van der Waals surface area (Å²) in [7, 11) is 0. The van der Waals surface area contributed by atoms with Crippen LogP contribution in [0.15, 0.2) is 11.4 Å². The topological polar surface area (TPSA) is 49.9 Å². The smallest absolute Gasteiger partial charge is 0.123 e. The lowest BCUT2D eigenvalue weighted by atomic mass is 10.3. The maximum atomic E-state index is 7.03. The van der Waals surface area contributed by atoms with Crippen LogP contribution in [0, 0.1) is 12.3 Å². The number of aryl methyl sites for hydroxylation is 1. The number of nitrogen functional groups attached to an aromatic ring is 1. The van der Waals surface area contributed by atoms with E-state index in [1.54, 1.807) is 11.3 Å². The van der Waals surface area contributed by atoms with Crippen LogP contribution < -0.4 is 5.73 Å². The molecule has 48 valence electrons. The van der Waals surface area contributed by atoms with Crippen molar-refractivity contribution in [3.8, 4) is 0 Å². The van der Waals surface area contributed by atoms with Crippen LogP contribution in [0.2, 0.25) is 0 Å². The van der Waals surface area contributed by atoms with Gasteiger partial charge in [0.2, 0.25) is 0 Å². The molecule has 0 amide bonds. The summed E-state index contributed by atoms with van der Waals surface area (Å²) in [5.41, 5.74) is 6.05. The zero-order valence-corrected chi connectivity index (χ0v) is 5.96. The van der Waals surface area contributed by atoms with Crippen molar-refractivity contribution in [1.82, 2.24) is 0 Å². The first-order valence-corrected chi connectivity index (χ1v) is 3.47. The Hall–Kier alpha value is -0.830. The third-order valence-electron chi connectivity index (χ3n) is 1.04. The van der Waals surface area contributed by atoms with E-state index in [1.807, 2.05) is 18.4 Å². The molecule has 0 atom stereocenters. The number of nitrogens with one attached hydrogen (secondary N) is 1. The lowest BCUT2D eigenvalue weighted by Gasteiger charge is -1.86. The number of hydrogen-bond acceptors (Lipinski definition) is 2. The molecule has 1 heterocycles. The number of hydrogen-bond donors (Lipinski definition) is 2. The minimum Gasteiger partial charge on any atom is -0.384 e. The van der Waals surface area contributed by atoms with Gasteiger partial charge in [-0.3, -0.25) is 5.41 Å². The molecule has 0 aliphatic heterocycles. The Kier molecular flexibility index (Phi) is 1.53. The van der Waals surface area contributed by atoms with Gasteiger partial charge in [-0.15, -0.1) is 11.3 Å². The van der Waals surface area contributed by atoms with Gasteiger partial charge < -0.3 is 5.73 Å². The number of thiophene rings is 1. The first-order chi connectivity index (χ1) is 4.20.